The number of benzene rings is 4. The number of carbonyl (C=O) groups excluding carboxylic acids is 1. The van der Waals surface area contributed by atoms with Crippen molar-refractivity contribution in [2.45, 2.75) is 12.7 Å². The van der Waals surface area contributed by atoms with E-state index in [-0.39, 0.29) is 12.1 Å². The summed E-state index contributed by atoms with van der Waals surface area (Å²) in [7, 11) is 0. The monoisotopic (exact) mass is 468 g/mol. The van der Waals surface area contributed by atoms with Crippen LogP contribution < -0.4 is 9.80 Å². The number of para-hydroxylation sites is 2. The Morgan fingerprint density at radius 2 is 1.32 bits per heavy atom. The van der Waals surface area contributed by atoms with Crippen LogP contribution in [0.1, 0.15) is 27.7 Å². The van der Waals surface area contributed by atoms with Gasteiger partial charge in [0.05, 0.1) is 11.3 Å². The SMILES string of the molecule is O=C1c2ccccc2N(Cc2ccccc2)[C@@H](c2ccccc2Br)N1c1ccccc1. The molecular formula is C27H21BrN2O. The van der Waals surface area contributed by atoms with Gasteiger partial charge in [0.25, 0.3) is 5.91 Å². The predicted octanol–water partition coefficient (Wildman–Crippen LogP) is 6.81. The number of hydrogen-bond donors (Lipinski definition) is 0. The molecule has 0 radical (unpaired) electrons. The first kappa shape index (κ1) is 19.6. The van der Waals surface area contributed by atoms with E-state index in [9.17, 15) is 4.79 Å². The fraction of sp³-hybridized carbons (Fsp3) is 0.0741. The molecule has 0 bridgehead atoms. The Kier molecular flexibility index (Phi) is 5.31. The van der Waals surface area contributed by atoms with Crippen LogP contribution in [0.25, 0.3) is 0 Å². The molecule has 1 atom stereocenters. The van der Waals surface area contributed by atoms with Gasteiger partial charge in [0.1, 0.15) is 6.17 Å². The summed E-state index contributed by atoms with van der Waals surface area (Å²) in [6.45, 7) is 0.681. The average molecular weight is 469 g/mol. The lowest BCUT2D eigenvalue weighted by atomic mass is 9.99. The van der Waals surface area contributed by atoms with Gasteiger partial charge < -0.3 is 4.90 Å². The Labute approximate surface area is 190 Å². The summed E-state index contributed by atoms with van der Waals surface area (Å²) in [4.78, 5) is 18.0. The third kappa shape index (κ3) is 3.64. The minimum Gasteiger partial charge on any atom is -0.342 e. The lowest BCUT2D eigenvalue weighted by molar-refractivity contribution is 0.0968. The molecule has 152 valence electrons. The molecule has 0 aliphatic carbocycles. The minimum absolute atomic E-state index is 0.00636. The summed E-state index contributed by atoms with van der Waals surface area (Å²) in [5.41, 5.74) is 4.78. The molecule has 0 saturated heterocycles. The Morgan fingerprint density at radius 3 is 2.06 bits per heavy atom. The Bertz CT molecular complexity index is 1210. The molecule has 1 heterocycles. The molecule has 0 saturated carbocycles. The average Bonchev–Trinajstić information content (AvgIpc) is 2.82. The van der Waals surface area contributed by atoms with Gasteiger partial charge in [-0.1, -0.05) is 94.8 Å². The highest BCUT2D eigenvalue weighted by molar-refractivity contribution is 9.10. The predicted molar refractivity (Wildman–Crippen MR) is 129 cm³/mol. The topological polar surface area (TPSA) is 23.6 Å². The van der Waals surface area contributed by atoms with Crippen molar-refractivity contribution in [2.24, 2.45) is 0 Å². The van der Waals surface area contributed by atoms with Gasteiger partial charge in [-0.15, -0.1) is 0 Å². The molecule has 31 heavy (non-hydrogen) atoms. The number of nitrogens with zero attached hydrogens (tertiary/aromatic N) is 2. The van der Waals surface area contributed by atoms with Gasteiger partial charge in [-0.05, 0) is 35.9 Å². The highest BCUT2D eigenvalue weighted by atomic mass is 79.9. The van der Waals surface area contributed by atoms with Gasteiger partial charge in [-0.2, -0.15) is 0 Å². The molecule has 3 nitrogen and oxygen atoms in total. The van der Waals surface area contributed by atoms with Crippen molar-refractivity contribution in [3.63, 3.8) is 0 Å². The largest absolute Gasteiger partial charge is 0.342 e. The van der Waals surface area contributed by atoms with E-state index in [1.807, 2.05) is 83.8 Å². The molecule has 0 N–H and O–H groups in total. The van der Waals surface area contributed by atoms with Crippen molar-refractivity contribution >= 4 is 33.2 Å². The molecule has 0 spiro atoms. The van der Waals surface area contributed by atoms with Crippen LogP contribution in [-0.2, 0) is 6.54 Å². The maximum atomic E-state index is 13.8. The summed E-state index contributed by atoms with van der Waals surface area (Å²) in [6, 6.07) is 36.3. The second-order valence-corrected chi connectivity index (χ2v) is 8.39. The molecule has 1 aliphatic rings. The molecule has 0 fully saturated rings. The number of amides is 1. The highest BCUT2D eigenvalue weighted by Gasteiger charge is 2.40. The van der Waals surface area contributed by atoms with Crippen molar-refractivity contribution in [2.75, 3.05) is 9.80 Å². The van der Waals surface area contributed by atoms with Crippen LogP contribution in [0.4, 0.5) is 11.4 Å². The minimum atomic E-state index is -0.291. The zero-order valence-corrected chi connectivity index (χ0v) is 18.4. The van der Waals surface area contributed by atoms with Crippen LogP contribution >= 0.6 is 15.9 Å². The first-order valence-corrected chi connectivity index (χ1v) is 11.1. The van der Waals surface area contributed by atoms with Gasteiger partial charge in [-0.3, -0.25) is 9.69 Å². The van der Waals surface area contributed by atoms with Crippen molar-refractivity contribution in [3.05, 3.63) is 130 Å². The van der Waals surface area contributed by atoms with E-state index in [0.29, 0.717) is 12.1 Å². The second kappa shape index (κ2) is 8.40. The van der Waals surface area contributed by atoms with Gasteiger partial charge in [-0.25, -0.2) is 0 Å². The first-order valence-electron chi connectivity index (χ1n) is 10.3. The van der Waals surface area contributed by atoms with Crippen LogP contribution in [0.5, 0.6) is 0 Å². The number of halogens is 1. The van der Waals surface area contributed by atoms with Gasteiger partial charge in [0.2, 0.25) is 0 Å². The van der Waals surface area contributed by atoms with Gasteiger partial charge in [0.15, 0.2) is 0 Å². The van der Waals surface area contributed by atoms with E-state index in [2.05, 4.69) is 51.2 Å². The van der Waals surface area contributed by atoms with Crippen molar-refractivity contribution < 1.29 is 4.79 Å². The van der Waals surface area contributed by atoms with E-state index in [1.165, 1.54) is 5.56 Å². The third-order valence-electron chi connectivity index (χ3n) is 5.62. The van der Waals surface area contributed by atoms with E-state index >= 15 is 0 Å². The smallest absolute Gasteiger partial charge is 0.262 e. The lowest BCUT2D eigenvalue weighted by Gasteiger charge is -2.46. The summed E-state index contributed by atoms with van der Waals surface area (Å²) >= 11 is 3.74. The number of anilines is 2. The molecule has 4 aromatic carbocycles. The van der Waals surface area contributed by atoms with E-state index < -0.39 is 0 Å². The molecule has 5 rings (SSSR count). The summed E-state index contributed by atoms with van der Waals surface area (Å²) in [5, 5.41) is 0. The first-order chi connectivity index (χ1) is 15.2. The van der Waals surface area contributed by atoms with E-state index in [1.54, 1.807) is 0 Å². The zero-order chi connectivity index (χ0) is 21.2. The maximum absolute atomic E-state index is 13.8. The highest BCUT2D eigenvalue weighted by Crippen LogP contribution is 2.43. The zero-order valence-electron chi connectivity index (χ0n) is 16.9. The van der Waals surface area contributed by atoms with Gasteiger partial charge >= 0.3 is 0 Å². The molecular weight excluding hydrogens is 448 g/mol. The summed E-state index contributed by atoms with van der Waals surface area (Å²) in [5.74, 6) is 0.00636. The third-order valence-corrected chi connectivity index (χ3v) is 6.34. The van der Waals surface area contributed by atoms with E-state index in [0.717, 1.165) is 21.4 Å². The quantitative estimate of drug-likeness (QED) is 0.328. The van der Waals surface area contributed by atoms with Crippen molar-refractivity contribution in [1.29, 1.82) is 0 Å². The second-order valence-electron chi connectivity index (χ2n) is 7.54. The molecule has 0 unspecified atom stereocenters. The lowest BCUT2D eigenvalue weighted by Crippen LogP contribution is -2.49. The molecule has 4 heteroatoms. The van der Waals surface area contributed by atoms with Crippen molar-refractivity contribution in [3.8, 4) is 0 Å². The summed E-state index contributed by atoms with van der Waals surface area (Å²) in [6.07, 6.45) is -0.291. The number of fused-ring (bicyclic) bond motifs is 1. The van der Waals surface area contributed by atoms with Crippen LogP contribution in [0.15, 0.2) is 114 Å². The van der Waals surface area contributed by atoms with Crippen LogP contribution in [0.3, 0.4) is 0 Å². The van der Waals surface area contributed by atoms with Crippen LogP contribution in [0, 0.1) is 0 Å². The Balaban J connectivity index is 1.75. The number of carbonyl (C=O) groups is 1. The van der Waals surface area contributed by atoms with Crippen molar-refractivity contribution in [1.82, 2.24) is 0 Å². The maximum Gasteiger partial charge on any atom is 0.262 e. The molecule has 4 aromatic rings. The Morgan fingerprint density at radius 1 is 0.710 bits per heavy atom. The van der Waals surface area contributed by atoms with E-state index in [4.69, 9.17) is 0 Å². The standard InChI is InChI=1S/C27H21BrN2O/c28-24-17-9-7-15-22(24)26-29(19-20-11-3-1-4-12-20)25-18-10-8-16-23(25)27(31)30(26)21-13-5-2-6-14-21/h1-18,26H,19H2/t26-/m1/s1. The van der Waals surface area contributed by atoms with Gasteiger partial charge in [0, 0.05) is 22.3 Å². The molecule has 1 amide bonds. The van der Waals surface area contributed by atoms with Crippen LogP contribution in [-0.4, -0.2) is 5.91 Å². The molecule has 1 aliphatic heterocycles. The fourth-order valence-electron chi connectivity index (χ4n) is 4.21. The van der Waals surface area contributed by atoms with Crippen LogP contribution in [0.2, 0.25) is 0 Å². The summed E-state index contributed by atoms with van der Waals surface area (Å²) < 4.78 is 0.978. The molecule has 0 aromatic heterocycles. The number of rotatable bonds is 4. The fourth-order valence-corrected chi connectivity index (χ4v) is 4.70. The Hall–Kier alpha value is -3.37. The number of hydrogen-bond acceptors (Lipinski definition) is 2. The normalized spacial score (nSPS) is 15.6.